The van der Waals surface area contributed by atoms with Gasteiger partial charge in [0.05, 0.1) is 11.1 Å². The van der Waals surface area contributed by atoms with Gasteiger partial charge in [-0.1, -0.05) is 11.6 Å². The van der Waals surface area contributed by atoms with Crippen molar-refractivity contribution in [2.75, 3.05) is 0 Å². The molecule has 0 amide bonds. The Morgan fingerprint density at radius 1 is 1.33 bits per heavy atom. The van der Waals surface area contributed by atoms with Crippen LogP contribution in [0.5, 0.6) is 0 Å². The van der Waals surface area contributed by atoms with Gasteiger partial charge in [0.2, 0.25) is 0 Å². The highest BCUT2D eigenvalue weighted by molar-refractivity contribution is 6.30. The molecule has 1 aliphatic carbocycles. The summed E-state index contributed by atoms with van der Waals surface area (Å²) in [5.41, 5.74) is 2.90. The summed E-state index contributed by atoms with van der Waals surface area (Å²) in [6.07, 6.45) is 4.22. The van der Waals surface area contributed by atoms with Crippen LogP contribution in [-0.2, 0) is 6.42 Å². The van der Waals surface area contributed by atoms with E-state index in [1.165, 1.54) is 6.07 Å². The maximum atomic E-state index is 13.2. The molecule has 0 bridgehead atoms. The Labute approximate surface area is 110 Å². The Kier molecular flexibility index (Phi) is 2.88. The van der Waals surface area contributed by atoms with Gasteiger partial charge in [0.1, 0.15) is 5.82 Å². The summed E-state index contributed by atoms with van der Waals surface area (Å²) in [6, 6.07) is 6.60. The minimum absolute atomic E-state index is 0.117. The minimum Gasteiger partial charge on any atom is -0.388 e. The van der Waals surface area contributed by atoms with Gasteiger partial charge in [-0.05, 0) is 43.5 Å². The van der Waals surface area contributed by atoms with E-state index < -0.39 is 5.82 Å². The Bertz CT molecular complexity index is 593. The number of benzene rings is 1. The second kappa shape index (κ2) is 4.41. The summed E-state index contributed by atoms with van der Waals surface area (Å²) in [7, 11) is 0. The molecule has 0 fully saturated rings. The topological polar surface area (TPSA) is 25.2 Å². The smallest absolute Gasteiger partial charge is 0.141 e. The van der Waals surface area contributed by atoms with Gasteiger partial charge in [0, 0.05) is 23.1 Å². The van der Waals surface area contributed by atoms with Crippen LogP contribution < -0.4 is 0 Å². The molecule has 1 aromatic heterocycles. The number of rotatable bonds is 1. The van der Waals surface area contributed by atoms with E-state index in [2.05, 4.69) is 0 Å². The molecule has 3 rings (SSSR count). The third kappa shape index (κ3) is 1.84. The average Bonchev–Trinajstić information content (AvgIpc) is 2.78. The van der Waals surface area contributed by atoms with Crippen molar-refractivity contribution in [1.82, 2.24) is 4.57 Å². The van der Waals surface area contributed by atoms with Crippen molar-refractivity contribution in [3.05, 3.63) is 52.6 Å². The van der Waals surface area contributed by atoms with Crippen LogP contribution in [0.1, 0.15) is 30.2 Å². The van der Waals surface area contributed by atoms with Crippen molar-refractivity contribution in [2.24, 2.45) is 0 Å². The average molecular weight is 266 g/mol. The van der Waals surface area contributed by atoms with E-state index >= 15 is 0 Å². The first-order chi connectivity index (χ1) is 8.66. The molecule has 18 heavy (non-hydrogen) atoms. The summed E-state index contributed by atoms with van der Waals surface area (Å²) in [5.74, 6) is -0.415. The van der Waals surface area contributed by atoms with Crippen molar-refractivity contribution < 1.29 is 9.50 Å². The summed E-state index contributed by atoms with van der Waals surface area (Å²) in [4.78, 5) is 0. The fraction of sp³-hybridized carbons (Fsp3) is 0.286. The number of aliphatic hydroxyl groups excluding tert-OH is 1. The zero-order valence-corrected chi connectivity index (χ0v) is 10.5. The second-order valence-corrected chi connectivity index (χ2v) is 5.00. The van der Waals surface area contributed by atoms with Gasteiger partial charge >= 0.3 is 0 Å². The molecule has 1 N–H and O–H groups in total. The van der Waals surface area contributed by atoms with Crippen LogP contribution in [0.3, 0.4) is 0 Å². The van der Waals surface area contributed by atoms with E-state index in [1.807, 2.05) is 16.8 Å². The number of halogens is 2. The zero-order valence-electron chi connectivity index (χ0n) is 9.74. The maximum absolute atomic E-state index is 13.2. The first-order valence-electron chi connectivity index (χ1n) is 6.00. The maximum Gasteiger partial charge on any atom is 0.141 e. The lowest BCUT2D eigenvalue weighted by Crippen LogP contribution is -2.11. The van der Waals surface area contributed by atoms with Gasteiger partial charge in [-0.15, -0.1) is 0 Å². The molecule has 1 heterocycles. The van der Waals surface area contributed by atoms with Crippen molar-refractivity contribution >= 4 is 11.6 Å². The van der Waals surface area contributed by atoms with E-state index in [0.717, 1.165) is 36.2 Å². The lowest BCUT2D eigenvalue weighted by atomic mass is 9.95. The molecule has 0 spiro atoms. The number of aliphatic hydroxyl groups is 1. The molecule has 2 aromatic rings. The highest BCUT2D eigenvalue weighted by Gasteiger charge is 2.21. The van der Waals surface area contributed by atoms with E-state index in [1.54, 1.807) is 12.1 Å². The van der Waals surface area contributed by atoms with Gasteiger partial charge in [-0.2, -0.15) is 0 Å². The summed E-state index contributed by atoms with van der Waals surface area (Å²) in [5, 5.41) is 10.0. The molecular weight excluding hydrogens is 253 g/mol. The molecule has 0 radical (unpaired) electrons. The van der Waals surface area contributed by atoms with Gasteiger partial charge < -0.3 is 9.67 Å². The van der Waals surface area contributed by atoms with E-state index in [4.69, 9.17) is 11.6 Å². The molecule has 1 aromatic carbocycles. The fourth-order valence-corrected chi connectivity index (χ4v) is 2.72. The number of aromatic nitrogens is 1. The quantitative estimate of drug-likeness (QED) is 0.837. The fourth-order valence-electron chi connectivity index (χ4n) is 2.54. The van der Waals surface area contributed by atoms with Gasteiger partial charge in [0.25, 0.3) is 0 Å². The van der Waals surface area contributed by atoms with Crippen LogP contribution in [0.4, 0.5) is 4.39 Å². The lowest BCUT2D eigenvalue weighted by molar-refractivity contribution is 0.156. The molecule has 0 saturated heterocycles. The van der Waals surface area contributed by atoms with Crippen molar-refractivity contribution in [1.29, 1.82) is 0 Å². The lowest BCUT2D eigenvalue weighted by Gasteiger charge is -2.20. The number of hydrogen-bond donors (Lipinski definition) is 1. The van der Waals surface area contributed by atoms with E-state index in [0.29, 0.717) is 0 Å². The van der Waals surface area contributed by atoms with Crippen LogP contribution in [0, 0.1) is 5.82 Å². The SMILES string of the molecule is OC1CCCc2c1ccn2-c1ccc(F)c(Cl)c1. The van der Waals surface area contributed by atoms with Crippen LogP contribution >= 0.6 is 11.6 Å². The first kappa shape index (κ1) is 11.8. The largest absolute Gasteiger partial charge is 0.388 e. The van der Waals surface area contributed by atoms with E-state index in [-0.39, 0.29) is 11.1 Å². The molecule has 1 unspecified atom stereocenters. The predicted octanol–water partition coefficient (Wildman–Crippen LogP) is 3.64. The molecule has 1 aliphatic rings. The number of fused-ring (bicyclic) bond motifs is 1. The monoisotopic (exact) mass is 265 g/mol. The minimum atomic E-state index is -0.415. The Balaban J connectivity index is 2.09. The van der Waals surface area contributed by atoms with Gasteiger partial charge in [0.15, 0.2) is 0 Å². The van der Waals surface area contributed by atoms with Gasteiger partial charge in [-0.3, -0.25) is 0 Å². The van der Waals surface area contributed by atoms with Crippen LogP contribution in [-0.4, -0.2) is 9.67 Å². The molecule has 94 valence electrons. The summed E-state index contributed by atoms with van der Waals surface area (Å²) >= 11 is 5.80. The normalized spacial score (nSPS) is 18.7. The first-order valence-corrected chi connectivity index (χ1v) is 6.38. The molecule has 0 aliphatic heterocycles. The van der Waals surface area contributed by atoms with Crippen LogP contribution in [0.25, 0.3) is 5.69 Å². The Morgan fingerprint density at radius 2 is 2.17 bits per heavy atom. The highest BCUT2D eigenvalue weighted by Crippen LogP contribution is 2.32. The highest BCUT2D eigenvalue weighted by atomic mass is 35.5. The molecular formula is C14H13ClFNO. The molecule has 4 heteroatoms. The zero-order chi connectivity index (χ0) is 12.7. The van der Waals surface area contributed by atoms with E-state index in [9.17, 15) is 9.50 Å². The number of nitrogens with zero attached hydrogens (tertiary/aromatic N) is 1. The Morgan fingerprint density at radius 3 is 2.94 bits per heavy atom. The summed E-state index contributed by atoms with van der Waals surface area (Å²) < 4.78 is 15.1. The van der Waals surface area contributed by atoms with Crippen molar-refractivity contribution in [3.63, 3.8) is 0 Å². The van der Waals surface area contributed by atoms with Gasteiger partial charge in [-0.25, -0.2) is 4.39 Å². The number of hydrogen-bond acceptors (Lipinski definition) is 1. The standard InChI is InChI=1S/C14H13ClFNO/c15-11-8-9(4-5-12(11)16)17-7-6-10-13(17)2-1-3-14(10)18/h4-8,14,18H,1-3H2. The van der Waals surface area contributed by atoms with Crippen molar-refractivity contribution in [3.8, 4) is 5.69 Å². The molecule has 1 atom stereocenters. The van der Waals surface area contributed by atoms with Crippen molar-refractivity contribution in [2.45, 2.75) is 25.4 Å². The Hall–Kier alpha value is -1.32. The molecule has 2 nitrogen and oxygen atoms in total. The molecule has 0 saturated carbocycles. The summed E-state index contributed by atoms with van der Waals surface area (Å²) in [6.45, 7) is 0. The third-order valence-electron chi connectivity index (χ3n) is 3.46. The second-order valence-electron chi connectivity index (χ2n) is 4.59. The van der Waals surface area contributed by atoms with Crippen LogP contribution in [0.15, 0.2) is 30.5 Å². The third-order valence-corrected chi connectivity index (χ3v) is 3.75. The predicted molar refractivity (Wildman–Crippen MR) is 68.6 cm³/mol. The van der Waals surface area contributed by atoms with Crippen LogP contribution in [0.2, 0.25) is 5.02 Å².